The number of carbonyl (C=O) groups excluding carboxylic acids is 2. The van der Waals surface area contributed by atoms with Crippen LogP contribution >= 0.6 is 22.7 Å². The Morgan fingerprint density at radius 1 is 1.24 bits per heavy atom. The van der Waals surface area contributed by atoms with E-state index in [1.54, 1.807) is 29.1 Å². The molecule has 1 aliphatic heterocycles. The number of ether oxygens (including phenoxy) is 1. The summed E-state index contributed by atoms with van der Waals surface area (Å²) in [5.41, 5.74) is 1.63. The van der Waals surface area contributed by atoms with E-state index in [0.717, 1.165) is 42.0 Å². The zero-order chi connectivity index (χ0) is 20.5. The number of aryl methyl sites for hydroxylation is 2. The normalized spacial score (nSPS) is 14.9. The van der Waals surface area contributed by atoms with Crippen molar-refractivity contribution in [2.24, 2.45) is 5.92 Å². The Kier molecular flexibility index (Phi) is 5.51. The molecule has 1 N–H and O–H groups in total. The monoisotopic (exact) mass is 430 g/mol. The smallest absolute Gasteiger partial charge is 0.340 e. The molecule has 1 saturated heterocycles. The molecule has 7 nitrogen and oxygen atoms in total. The van der Waals surface area contributed by atoms with Crippen molar-refractivity contribution in [1.29, 1.82) is 0 Å². The summed E-state index contributed by atoms with van der Waals surface area (Å²) < 4.78 is 4.77. The highest BCUT2D eigenvalue weighted by molar-refractivity contribution is 7.18. The summed E-state index contributed by atoms with van der Waals surface area (Å²) in [5.74, 6) is 0.377. The van der Waals surface area contributed by atoms with E-state index in [1.807, 2.05) is 0 Å². The Hall–Kier alpha value is -2.52. The Morgan fingerprint density at radius 3 is 2.72 bits per heavy atom. The number of fused-ring (bicyclic) bond motifs is 1. The topological polar surface area (TPSA) is 84.4 Å². The van der Waals surface area contributed by atoms with Gasteiger partial charge in [0.25, 0.3) is 0 Å². The molecule has 1 fully saturated rings. The third-order valence-electron chi connectivity index (χ3n) is 5.42. The minimum atomic E-state index is -0.439. The molecule has 9 heteroatoms. The van der Waals surface area contributed by atoms with Crippen LogP contribution in [0.15, 0.2) is 17.8 Å². The number of hydrogen-bond acceptors (Lipinski definition) is 8. The van der Waals surface area contributed by atoms with E-state index in [9.17, 15) is 9.59 Å². The van der Waals surface area contributed by atoms with Crippen molar-refractivity contribution in [2.75, 3.05) is 30.4 Å². The maximum Gasteiger partial charge on any atom is 0.340 e. The lowest BCUT2D eigenvalue weighted by atomic mass is 9.95. The van der Waals surface area contributed by atoms with Gasteiger partial charge in [0.1, 0.15) is 22.0 Å². The van der Waals surface area contributed by atoms with Gasteiger partial charge in [0.2, 0.25) is 5.91 Å². The van der Waals surface area contributed by atoms with Crippen molar-refractivity contribution in [1.82, 2.24) is 9.97 Å². The predicted octanol–water partition coefficient (Wildman–Crippen LogP) is 4.01. The van der Waals surface area contributed by atoms with Gasteiger partial charge < -0.3 is 15.0 Å². The largest absolute Gasteiger partial charge is 0.465 e. The SMILES string of the molecule is COC(=O)c1ccsc1NC(=O)C1CCN(c2ncnc3sc(C)c(C)c23)CC1. The number of anilines is 2. The third-order valence-corrected chi connectivity index (χ3v) is 7.36. The van der Waals surface area contributed by atoms with Gasteiger partial charge in [0, 0.05) is 23.9 Å². The lowest BCUT2D eigenvalue weighted by Crippen LogP contribution is -2.38. The Labute approximate surface area is 176 Å². The molecular weight excluding hydrogens is 408 g/mol. The highest BCUT2D eigenvalue weighted by atomic mass is 32.1. The first-order valence-corrected chi connectivity index (χ1v) is 11.1. The van der Waals surface area contributed by atoms with Gasteiger partial charge in [0.05, 0.1) is 18.1 Å². The molecule has 0 radical (unpaired) electrons. The molecule has 4 rings (SSSR count). The van der Waals surface area contributed by atoms with Crippen LogP contribution in [-0.4, -0.2) is 42.0 Å². The summed E-state index contributed by atoms with van der Waals surface area (Å²) in [5, 5.41) is 6.35. The number of thiophene rings is 2. The molecule has 0 saturated carbocycles. The number of esters is 1. The van der Waals surface area contributed by atoms with Gasteiger partial charge in [-0.2, -0.15) is 0 Å². The lowest BCUT2D eigenvalue weighted by molar-refractivity contribution is -0.120. The van der Waals surface area contributed by atoms with E-state index in [4.69, 9.17) is 4.74 Å². The van der Waals surface area contributed by atoms with Gasteiger partial charge in [-0.1, -0.05) is 0 Å². The molecule has 1 amide bonds. The summed E-state index contributed by atoms with van der Waals surface area (Å²) in [7, 11) is 1.34. The van der Waals surface area contributed by atoms with Gasteiger partial charge in [0.15, 0.2) is 0 Å². The molecule has 0 spiro atoms. The predicted molar refractivity (Wildman–Crippen MR) is 116 cm³/mol. The summed E-state index contributed by atoms with van der Waals surface area (Å²) in [6, 6.07) is 1.67. The number of rotatable bonds is 4. The molecule has 0 aliphatic carbocycles. The van der Waals surface area contributed by atoms with Crippen LogP contribution in [0.2, 0.25) is 0 Å². The van der Waals surface area contributed by atoms with E-state index in [2.05, 4.69) is 34.0 Å². The maximum atomic E-state index is 12.7. The summed E-state index contributed by atoms with van der Waals surface area (Å²) in [6.07, 6.45) is 3.09. The molecule has 0 aromatic carbocycles. The minimum Gasteiger partial charge on any atom is -0.465 e. The lowest BCUT2D eigenvalue weighted by Gasteiger charge is -2.32. The zero-order valence-electron chi connectivity index (χ0n) is 16.5. The molecule has 3 aromatic rings. The number of amides is 1. The first-order chi connectivity index (χ1) is 14.0. The van der Waals surface area contributed by atoms with Crippen molar-refractivity contribution in [3.8, 4) is 0 Å². The maximum absolute atomic E-state index is 12.7. The Balaban J connectivity index is 1.44. The number of nitrogens with one attached hydrogen (secondary N) is 1. The van der Waals surface area contributed by atoms with E-state index in [0.29, 0.717) is 10.6 Å². The zero-order valence-corrected chi connectivity index (χ0v) is 18.2. The second-order valence-electron chi connectivity index (χ2n) is 7.07. The van der Waals surface area contributed by atoms with Gasteiger partial charge in [-0.15, -0.1) is 22.7 Å². The average molecular weight is 431 g/mol. The van der Waals surface area contributed by atoms with Crippen LogP contribution in [0, 0.1) is 19.8 Å². The van der Waals surface area contributed by atoms with Gasteiger partial charge in [-0.3, -0.25) is 4.79 Å². The standard InChI is InChI=1S/C20H22N4O3S2/c1-11-12(2)29-19-15(11)16(21-10-22-19)24-7-4-13(5-8-24)17(25)23-18-14(6-9-28-18)20(26)27-3/h6,9-10,13H,4-5,7-8H2,1-3H3,(H,23,25). The fourth-order valence-corrected chi connectivity index (χ4v) is 5.42. The molecule has 0 atom stereocenters. The fourth-order valence-electron chi connectivity index (χ4n) is 3.65. The van der Waals surface area contributed by atoms with Crippen LogP contribution in [0.4, 0.5) is 10.8 Å². The van der Waals surface area contributed by atoms with Crippen LogP contribution in [0.25, 0.3) is 10.2 Å². The minimum absolute atomic E-state index is 0.0485. The Morgan fingerprint density at radius 2 is 2.00 bits per heavy atom. The first kappa shape index (κ1) is 19.8. The summed E-state index contributed by atoms with van der Waals surface area (Å²) in [6.45, 7) is 5.73. The Bertz CT molecular complexity index is 1070. The fraction of sp³-hybridized carbons (Fsp3) is 0.400. The molecule has 0 bridgehead atoms. The van der Waals surface area contributed by atoms with Crippen LogP contribution in [0.3, 0.4) is 0 Å². The van der Waals surface area contributed by atoms with Crippen LogP contribution in [-0.2, 0) is 9.53 Å². The number of carbonyl (C=O) groups is 2. The van der Waals surface area contributed by atoms with Crippen molar-refractivity contribution < 1.29 is 14.3 Å². The number of methoxy groups -OCH3 is 1. The number of piperidine rings is 1. The molecule has 152 valence electrons. The molecule has 3 aromatic heterocycles. The van der Waals surface area contributed by atoms with E-state index < -0.39 is 5.97 Å². The van der Waals surface area contributed by atoms with Gasteiger partial charge in [-0.05, 0) is 43.7 Å². The summed E-state index contributed by atoms with van der Waals surface area (Å²) in [4.78, 5) is 38.0. The molecule has 0 unspecified atom stereocenters. The average Bonchev–Trinajstić information content (AvgIpc) is 3.31. The quantitative estimate of drug-likeness (QED) is 0.630. The van der Waals surface area contributed by atoms with Crippen LogP contribution in [0.5, 0.6) is 0 Å². The number of hydrogen-bond donors (Lipinski definition) is 1. The molecular formula is C20H22N4O3S2. The number of aromatic nitrogens is 2. The van der Waals surface area contributed by atoms with Crippen molar-refractivity contribution in [3.05, 3.63) is 33.8 Å². The second-order valence-corrected chi connectivity index (χ2v) is 9.19. The highest BCUT2D eigenvalue weighted by Crippen LogP contribution is 2.36. The number of nitrogens with zero attached hydrogens (tertiary/aromatic N) is 3. The molecule has 29 heavy (non-hydrogen) atoms. The second kappa shape index (κ2) is 8.08. The van der Waals surface area contributed by atoms with Gasteiger partial charge >= 0.3 is 5.97 Å². The summed E-state index contributed by atoms with van der Waals surface area (Å²) >= 11 is 3.02. The van der Waals surface area contributed by atoms with E-state index in [-0.39, 0.29) is 11.8 Å². The molecule has 1 aliphatic rings. The van der Waals surface area contributed by atoms with Crippen molar-refractivity contribution >= 4 is 55.6 Å². The molecule has 4 heterocycles. The van der Waals surface area contributed by atoms with Crippen molar-refractivity contribution in [2.45, 2.75) is 26.7 Å². The highest BCUT2D eigenvalue weighted by Gasteiger charge is 2.28. The van der Waals surface area contributed by atoms with E-state index >= 15 is 0 Å². The van der Waals surface area contributed by atoms with E-state index in [1.165, 1.54) is 28.9 Å². The van der Waals surface area contributed by atoms with Crippen molar-refractivity contribution in [3.63, 3.8) is 0 Å². The third kappa shape index (κ3) is 3.72. The van der Waals surface area contributed by atoms with Gasteiger partial charge in [-0.25, -0.2) is 14.8 Å². The van der Waals surface area contributed by atoms with Crippen LogP contribution in [0.1, 0.15) is 33.6 Å². The van der Waals surface area contributed by atoms with Crippen LogP contribution < -0.4 is 10.2 Å². The first-order valence-electron chi connectivity index (χ1n) is 9.42.